The lowest BCUT2D eigenvalue weighted by molar-refractivity contribution is 0.109. The lowest BCUT2D eigenvalue weighted by Gasteiger charge is -2.25. The molecule has 0 atom stereocenters. The van der Waals surface area contributed by atoms with Crippen molar-refractivity contribution in [2.24, 2.45) is 5.92 Å². The van der Waals surface area contributed by atoms with Crippen molar-refractivity contribution in [2.45, 2.75) is 51.7 Å². The number of rotatable bonds is 5. The van der Waals surface area contributed by atoms with Gasteiger partial charge >= 0.3 is 16.3 Å². The second kappa shape index (κ2) is 7.06. The average molecular weight is 294 g/mol. The molecule has 0 saturated heterocycles. The zero-order valence-electron chi connectivity index (χ0n) is 11.3. The van der Waals surface area contributed by atoms with Crippen LogP contribution >= 0.6 is 0 Å². The monoisotopic (exact) mass is 294 g/mol. The Labute approximate surface area is 113 Å². The number of hydrogen-bond acceptors (Lipinski definition) is 5. The van der Waals surface area contributed by atoms with Crippen LogP contribution in [0.5, 0.6) is 0 Å². The van der Waals surface area contributed by atoms with Gasteiger partial charge in [-0.3, -0.25) is 0 Å². The third kappa shape index (κ3) is 6.74. The van der Waals surface area contributed by atoms with Crippen molar-refractivity contribution in [1.82, 2.24) is 9.44 Å². The van der Waals surface area contributed by atoms with Crippen LogP contribution in [0.25, 0.3) is 0 Å². The average Bonchev–Trinajstić information content (AvgIpc) is 2.26. The summed E-state index contributed by atoms with van der Waals surface area (Å²) in [7, 11) is -3.88. The van der Waals surface area contributed by atoms with E-state index in [1.165, 1.54) is 0 Å². The van der Waals surface area contributed by atoms with Crippen molar-refractivity contribution < 1.29 is 23.1 Å². The third-order valence-corrected chi connectivity index (χ3v) is 3.92. The van der Waals surface area contributed by atoms with E-state index in [1.807, 2.05) is 0 Å². The molecule has 0 bridgehead atoms. The lowest BCUT2D eigenvalue weighted by atomic mass is 9.88. The number of carbonyl (C=O) groups is 1. The Balaban J connectivity index is 2.32. The molecule has 19 heavy (non-hydrogen) atoms. The molecule has 0 spiro atoms. The molecule has 112 valence electrons. The van der Waals surface area contributed by atoms with Crippen molar-refractivity contribution in [3.05, 3.63) is 0 Å². The van der Waals surface area contributed by atoms with Crippen molar-refractivity contribution >= 4 is 16.3 Å². The minimum absolute atomic E-state index is 0.195. The van der Waals surface area contributed by atoms with Gasteiger partial charge in [-0.2, -0.15) is 13.1 Å². The maximum absolute atomic E-state index is 11.6. The first-order chi connectivity index (χ1) is 8.78. The zero-order chi connectivity index (χ0) is 14.5. The van der Waals surface area contributed by atoms with Gasteiger partial charge in [0.2, 0.25) is 0 Å². The Morgan fingerprint density at radius 3 is 2.42 bits per heavy atom. The highest BCUT2D eigenvalue weighted by Crippen LogP contribution is 2.23. The normalized spacial score (nSPS) is 24.2. The summed E-state index contributed by atoms with van der Waals surface area (Å²) in [4.78, 5) is 11.2. The van der Waals surface area contributed by atoms with Gasteiger partial charge in [0.25, 0.3) is 0 Å². The molecule has 0 aromatic carbocycles. The van der Waals surface area contributed by atoms with Crippen molar-refractivity contribution in [2.75, 3.05) is 6.54 Å². The summed E-state index contributed by atoms with van der Waals surface area (Å²) in [5.74, 6) is 0.195. The van der Waals surface area contributed by atoms with E-state index in [9.17, 15) is 18.3 Å². The van der Waals surface area contributed by atoms with E-state index in [0.717, 1.165) is 12.8 Å². The quantitative estimate of drug-likeness (QED) is 0.685. The number of ether oxygens (including phenoxy) is 1. The van der Waals surface area contributed by atoms with Crippen LogP contribution in [0.1, 0.15) is 39.5 Å². The molecule has 1 aliphatic rings. The minimum Gasteiger partial charge on any atom is -0.446 e. The first-order valence-corrected chi connectivity index (χ1v) is 7.93. The van der Waals surface area contributed by atoms with Gasteiger partial charge in [-0.05, 0) is 45.4 Å². The van der Waals surface area contributed by atoms with Gasteiger partial charge in [-0.1, -0.05) is 0 Å². The molecular formula is C11H22N2O5S. The third-order valence-electron chi connectivity index (χ3n) is 2.94. The number of carbonyl (C=O) groups excluding carboxylic acids is 1. The predicted octanol–water partition coefficient (Wildman–Crippen LogP) is 0.506. The number of aliphatic hydroxyl groups excluding tert-OH is 1. The topological polar surface area (TPSA) is 105 Å². The molecule has 0 heterocycles. The van der Waals surface area contributed by atoms with Gasteiger partial charge in [0.15, 0.2) is 0 Å². The van der Waals surface area contributed by atoms with Gasteiger partial charge < -0.3 is 9.84 Å². The number of aliphatic hydroxyl groups is 1. The highest BCUT2D eigenvalue weighted by molar-refractivity contribution is 7.88. The molecule has 0 aromatic heterocycles. The summed E-state index contributed by atoms with van der Waals surface area (Å²) in [6.45, 7) is 3.52. The van der Waals surface area contributed by atoms with Gasteiger partial charge in [-0.25, -0.2) is 9.52 Å². The second-order valence-corrected chi connectivity index (χ2v) is 6.58. The summed E-state index contributed by atoms with van der Waals surface area (Å²) in [5, 5.41) is 9.35. The van der Waals surface area contributed by atoms with Gasteiger partial charge in [0.05, 0.1) is 12.2 Å². The van der Waals surface area contributed by atoms with Crippen LogP contribution in [-0.2, 0) is 14.9 Å². The fourth-order valence-corrected chi connectivity index (χ4v) is 2.76. The molecule has 0 aromatic rings. The van der Waals surface area contributed by atoms with Crippen LogP contribution in [0.15, 0.2) is 0 Å². The van der Waals surface area contributed by atoms with E-state index in [4.69, 9.17) is 0 Å². The van der Waals surface area contributed by atoms with E-state index in [1.54, 1.807) is 18.6 Å². The van der Waals surface area contributed by atoms with Gasteiger partial charge in [0.1, 0.15) is 0 Å². The van der Waals surface area contributed by atoms with Crippen LogP contribution in [0, 0.1) is 5.92 Å². The molecule has 0 unspecified atom stereocenters. The summed E-state index contributed by atoms with van der Waals surface area (Å²) in [6, 6.07) is 0. The number of nitrogens with one attached hydrogen (secondary N) is 2. The number of amides is 1. The van der Waals surface area contributed by atoms with E-state index in [-0.39, 0.29) is 24.7 Å². The van der Waals surface area contributed by atoms with Crippen LogP contribution in [0.3, 0.4) is 0 Å². The van der Waals surface area contributed by atoms with Crippen LogP contribution in [0.4, 0.5) is 4.79 Å². The van der Waals surface area contributed by atoms with Crippen molar-refractivity contribution in [1.29, 1.82) is 0 Å². The molecule has 1 amide bonds. The van der Waals surface area contributed by atoms with Crippen LogP contribution in [-0.4, -0.2) is 38.4 Å². The van der Waals surface area contributed by atoms with Crippen molar-refractivity contribution in [3.63, 3.8) is 0 Å². The molecule has 0 radical (unpaired) electrons. The highest BCUT2D eigenvalue weighted by atomic mass is 32.2. The molecule has 1 fully saturated rings. The fourth-order valence-electron chi connectivity index (χ4n) is 1.96. The molecule has 7 nitrogen and oxygen atoms in total. The number of hydrogen-bond donors (Lipinski definition) is 3. The Morgan fingerprint density at radius 1 is 1.32 bits per heavy atom. The lowest BCUT2D eigenvalue weighted by Crippen LogP contribution is -2.43. The maximum atomic E-state index is 11.6. The fraction of sp³-hybridized carbons (Fsp3) is 0.909. The van der Waals surface area contributed by atoms with Crippen molar-refractivity contribution in [3.8, 4) is 0 Å². The summed E-state index contributed by atoms with van der Waals surface area (Å²) in [6.07, 6.45) is 1.30. The van der Waals surface area contributed by atoms with Gasteiger partial charge in [-0.15, -0.1) is 0 Å². The molecular weight excluding hydrogens is 272 g/mol. The first-order valence-electron chi connectivity index (χ1n) is 6.44. The molecule has 1 aliphatic carbocycles. The van der Waals surface area contributed by atoms with E-state index >= 15 is 0 Å². The Bertz CT molecular complexity index is 388. The zero-order valence-corrected chi connectivity index (χ0v) is 12.1. The minimum atomic E-state index is -3.88. The Morgan fingerprint density at radius 2 is 1.89 bits per heavy atom. The van der Waals surface area contributed by atoms with E-state index in [2.05, 4.69) is 9.46 Å². The van der Waals surface area contributed by atoms with E-state index < -0.39 is 16.3 Å². The summed E-state index contributed by atoms with van der Waals surface area (Å²) >= 11 is 0. The first kappa shape index (κ1) is 16.2. The van der Waals surface area contributed by atoms with E-state index in [0.29, 0.717) is 12.8 Å². The highest BCUT2D eigenvalue weighted by Gasteiger charge is 2.22. The summed E-state index contributed by atoms with van der Waals surface area (Å²) in [5.41, 5.74) is 0. The second-order valence-electron chi connectivity index (χ2n) is 5.08. The van der Waals surface area contributed by atoms with Crippen LogP contribution < -0.4 is 9.44 Å². The Kier molecular flexibility index (Phi) is 6.02. The Hall–Kier alpha value is -0.860. The predicted molar refractivity (Wildman–Crippen MR) is 69.6 cm³/mol. The smallest absolute Gasteiger partial charge is 0.422 e. The van der Waals surface area contributed by atoms with Gasteiger partial charge in [0, 0.05) is 6.54 Å². The molecule has 0 aliphatic heterocycles. The molecule has 3 N–H and O–H groups in total. The van der Waals surface area contributed by atoms with Crippen LogP contribution in [0.2, 0.25) is 0 Å². The largest absolute Gasteiger partial charge is 0.446 e. The molecule has 8 heteroatoms. The molecule has 1 rings (SSSR count). The summed E-state index contributed by atoms with van der Waals surface area (Å²) < 4.78 is 31.9. The maximum Gasteiger partial charge on any atom is 0.422 e. The standard InChI is InChI=1S/C11H22N2O5S/c1-8(2)18-11(15)13-19(16,17)12-7-9-3-5-10(14)6-4-9/h8-10,12,14H,3-7H2,1-2H3,(H,13,15). The SMILES string of the molecule is CC(C)OC(=O)NS(=O)(=O)NCC1CCC(O)CC1. The molecule has 1 saturated carbocycles.